The normalized spacial score (nSPS) is 9.67. The average Bonchev–Trinajstić information content (AvgIpc) is 2.30. The van der Waals surface area contributed by atoms with Crippen molar-refractivity contribution in [1.29, 1.82) is 0 Å². The van der Waals surface area contributed by atoms with E-state index in [4.69, 9.17) is 22.4 Å². The zero-order valence-electron chi connectivity index (χ0n) is 5.85. The molecule has 1 rings (SSSR count). The maximum atomic E-state index is 10.4. The number of aromatic nitrogens is 1. The molecule has 0 bridgehead atoms. The highest BCUT2D eigenvalue weighted by Gasteiger charge is 2.11. The topological polar surface area (TPSA) is 62.5 Å². The quantitative estimate of drug-likeness (QED) is 0.565. The van der Waals surface area contributed by atoms with E-state index in [1.54, 1.807) is 0 Å². The Morgan fingerprint density at radius 2 is 2.33 bits per heavy atom. The minimum atomic E-state index is -1.21. The van der Waals surface area contributed by atoms with Crippen LogP contribution in [0.1, 0.15) is 0 Å². The summed E-state index contributed by atoms with van der Waals surface area (Å²) in [5.41, 5.74) is -0.251. The molecule has 4 nitrogen and oxygen atoms in total. The fraction of sp³-hybridized carbons (Fsp3) is 0. The van der Waals surface area contributed by atoms with Crippen LogP contribution in [0.25, 0.3) is 5.70 Å². The molecule has 64 valence electrons. The zero-order chi connectivity index (χ0) is 9.30. The molecule has 2 N–H and O–H groups in total. The van der Waals surface area contributed by atoms with Crippen molar-refractivity contribution >= 4 is 35.2 Å². The first-order valence-corrected chi connectivity index (χ1v) is 4.15. The molecule has 1 aromatic rings. The van der Waals surface area contributed by atoms with Crippen LogP contribution in [-0.4, -0.2) is 20.7 Å². The molecular formula is C6H5NO3S2. The van der Waals surface area contributed by atoms with Gasteiger partial charge < -0.3 is 10.2 Å². The summed E-state index contributed by atoms with van der Waals surface area (Å²) in [6.45, 7) is 3.26. The third kappa shape index (κ3) is 1.39. The number of hydrogen-bond acceptors (Lipinski definition) is 4. The summed E-state index contributed by atoms with van der Waals surface area (Å²) in [6.07, 6.45) is 0. The Bertz CT molecular complexity index is 390. The smallest absolute Gasteiger partial charge is 0.352 e. The summed E-state index contributed by atoms with van der Waals surface area (Å²) in [5.74, 6) is -1.41. The van der Waals surface area contributed by atoms with Crippen LogP contribution in [0.15, 0.2) is 12.0 Å². The number of aromatic hydroxyl groups is 1. The average molecular weight is 203 g/mol. The lowest BCUT2D eigenvalue weighted by Gasteiger charge is -2.01. The number of carboxylic acids is 1. The minimum Gasteiger partial charge on any atom is -0.494 e. The van der Waals surface area contributed by atoms with Gasteiger partial charge in [-0.1, -0.05) is 6.58 Å². The zero-order valence-corrected chi connectivity index (χ0v) is 7.48. The van der Waals surface area contributed by atoms with E-state index in [0.717, 1.165) is 15.9 Å². The molecule has 0 aromatic carbocycles. The van der Waals surface area contributed by atoms with E-state index in [1.165, 1.54) is 5.38 Å². The van der Waals surface area contributed by atoms with Gasteiger partial charge in [-0.3, -0.25) is 4.57 Å². The fourth-order valence-corrected chi connectivity index (χ4v) is 1.61. The number of nitrogens with zero attached hydrogens (tertiary/aromatic N) is 1. The van der Waals surface area contributed by atoms with Gasteiger partial charge in [0.2, 0.25) is 5.88 Å². The van der Waals surface area contributed by atoms with Crippen molar-refractivity contribution in [3.8, 4) is 5.88 Å². The summed E-state index contributed by atoms with van der Waals surface area (Å²) < 4.78 is 1.27. The van der Waals surface area contributed by atoms with Gasteiger partial charge in [0, 0.05) is 0 Å². The second-order valence-electron chi connectivity index (χ2n) is 1.95. The molecular weight excluding hydrogens is 198 g/mol. The van der Waals surface area contributed by atoms with Crippen molar-refractivity contribution in [1.82, 2.24) is 4.57 Å². The van der Waals surface area contributed by atoms with Crippen LogP contribution in [0.3, 0.4) is 0 Å². The van der Waals surface area contributed by atoms with Crippen LogP contribution in [-0.2, 0) is 4.79 Å². The third-order valence-corrected chi connectivity index (χ3v) is 2.38. The van der Waals surface area contributed by atoms with Gasteiger partial charge in [0.05, 0.1) is 5.38 Å². The summed E-state index contributed by atoms with van der Waals surface area (Å²) in [7, 11) is 0. The van der Waals surface area contributed by atoms with Crippen molar-refractivity contribution in [3.05, 3.63) is 15.9 Å². The predicted molar refractivity (Wildman–Crippen MR) is 47.8 cm³/mol. The van der Waals surface area contributed by atoms with E-state index in [9.17, 15) is 4.79 Å². The molecule has 0 saturated carbocycles. The number of hydrogen-bond donors (Lipinski definition) is 2. The van der Waals surface area contributed by atoms with Gasteiger partial charge in [0.1, 0.15) is 5.70 Å². The van der Waals surface area contributed by atoms with Gasteiger partial charge in [0.25, 0.3) is 0 Å². The van der Waals surface area contributed by atoms with E-state index in [2.05, 4.69) is 6.58 Å². The Morgan fingerprint density at radius 3 is 2.67 bits per heavy atom. The SMILES string of the molecule is C=C(C(=O)O)n1c(O)csc1=S. The molecule has 6 heteroatoms. The first kappa shape index (κ1) is 8.95. The molecule has 0 radical (unpaired) electrons. The second-order valence-corrected chi connectivity index (χ2v) is 3.45. The molecule has 0 aliphatic rings. The van der Waals surface area contributed by atoms with Crippen molar-refractivity contribution < 1.29 is 15.0 Å². The van der Waals surface area contributed by atoms with Crippen LogP contribution in [0.4, 0.5) is 0 Å². The highest BCUT2D eigenvalue weighted by Crippen LogP contribution is 2.21. The Labute approximate surface area is 77.0 Å². The fourth-order valence-electron chi connectivity index (χ4n) is 0.646. The maximum Gasteiger partial charge on any atom is 0.352 e. The predicted octanol–water partition coefficient (Wildman–Crippen LogP) is 1.54. The van der Waals surface area contributed by atoms with Gasteiger partial charge in [-0.25, -0.2) is 4.79 Å². The molecule has 0 amide bonds. The lowest BCUT2D eigenvalue weighted by Crippen LogP contribution is -2.05. The standard InChI is InChI=1S/C6H5NO3S2/c1-3(5(9)10)7-4(8)2-12-6(7)11/h2,8H,1H2,(H,9,10). The van der Waals surface area contributed by atoms with Gasteiger partial charge in [-0.2, -0.15) is 0 Å². The number of thiazole rings is 1. The summed E-state index contributed by atoms with van der Waals surface area (Å²) in [4.78, 5) is 10.4. The van der Waals surface area contributed by atoms with Crippen LogP contribution < -0.4 is 0 Å². The summed E-state index contributed by atoms with van der Waals surface area (Å²) >= 11 is 5.85. The highest BCUT2D eigenvalue weighted by molar-refractivity contribution is 7.73. The molecule has 0 spiro atoms. The number of rotatable bonds is 2. The van der Waals surface area contributed by atoms with E-state index >= 15 is 0 Å². The number of carbonyl (C=O) groups is 1. The lowest BCUT2D eigenvalue weighted by molar-refractivity contribution is -0.130. The molecule has 1 aromatic heterocycles. The van der Waals surface area contributed by atoms with E-state index in [1.807, 2.05) is 0 Å². The molecule has 0 saturated heterocycles. The monoisotopic (exact) mass is 203 g/mol. The van der Waals surface area contributed by atoms with Crippen molar-refractivity contribution in [2.45, 2.75) is 0 Å². The van der Waals surface area contributed by atoms with E-state index in [-0.39, 0.29) is 15.5 Å². The molecule has 0 fully saturated rings. The molecule has 0 unspecified atom stereocenters. The number of aliphatic carboxylic acids is 1. The molecule has 0 atom stereocenters. The van der Waals surface area contributed by atoms with Crippen molar-refractivity contribution in [2.24, 2.45) is 0 Å². The van der Waals surface area contributed by atoms with Gasteiger partial charge in [-0.05, 0) is 12.2 Å². The summed E-state index contributed by atoms with van der Waals surface area (Å²) in [6, 6.07) is 0. The van der Waals surface area contributed by atoms with Gasteiger partial charge in [0.15, 0.2) is 3.95 Å². The Morgan fingerprint density at radius 1 is 1.75 bits per heavy atom. The van der Waals surface area contributed by atoms with E-state index < -0.39 is 5.97 Å². The molecule has 1 heterocycles. The van der Waals surface area contributed by atoms with Gasteiger partial charge in [-0.15, -0.1) is 11.3 Å². The first-order chi connectivity index (χ1) is 5.54. The summed E-state index contributed by atoms with van der Waals surface area (Å²) in [5, 5.41) is 19.0. The highest BCUT2D eigenvalue weighted by atomic mass is 32.1. The van der Waals surface area contributed by atoms with Crippen LogP contribution in [0.5, 0.6) is 5.88 Å². The van der Waals surface area contributed by atoms with Crippen molar-refractivity contribution in [3.63, 3.8) is 0 Å². The molecule has 0 aliphatic carbocycles. The van der Waals surface area contributed by atoms with E-state index in [0.29, 0.717) is 0 Å². The van der Waals surface area contributed by atoms with Gasteiger partial charge >= 0.3 is 5.97 Å². The lowest BCUT2D eigenvalue weighted by atomic mass is 10.5. The van der Waals surface area contributed by atoms with Crippen LogP contribution >= 0.6 is 23.6 Å². The third-order valence-electron chi connectivity index (χ3n) is 1.19. The largest absolute Gasteiger partial charge is 0.494 e. The van der Waals surface area contributed by atoms with Crippen LogP contribution in [0, 0.1) is 3.95 Å². The van der Waals surface area contributed by atoms with Crippen molar-refractivity contribution in [2.75, 3.05) is 0 Å². The Balaban J connectivity index is 3.27. The molecule has 0 aliphatic heterocycles. The first-order valence-electron chi connectivity index (χ1n) is 2.86. The minimum absolute atomic E-state index is 0.197. The second kappa shape index (κ2) is 3.08. The number of carboxylic acid groups (broad SMARTS) is 1. The molecule has 12 heavy (non-hydrogen) atoms. The maximum absolute atomic E-state index is 10.4. The van der Waals surface area contributed by atoms with Crippen LogP contribution in [0.2, 0.25) is 0 Å². The Hall–Kier alpha value is -1.14. The Kier molecular flexibility index (Phi) is 2.30.